The Balaban J connectivity index is 1.19. The molecule has 4 rings (SSSR count). The van der Waals surface area contributed by atoms with Crippen LogP contribution in [0.15, 0.2) is 103 Å². The van der Waals surface area contributed by atoms with E-state index in [2.05, 4.69) is 22.8 Å². The fraction of sp³-hybridized carbons (Fsp3) is 0.250. The van der Waals surface area contributed by atoms with Crippen molar-refractivity contribution in [1.29, 1.82) is 0 Å². The fourth-order valence-corrected chi connectivity index (χ4v) is 4.19. The lowest BCUT2D eigenvalue weighted by atomic mass is 10.0. The molecule has 0 aliphatic rings. The maximum absolute atomic E-state index is 10.6. The van der Waals surface area contributed by atoms with E-state index in [1.807, 2.05) is 84.9 Å². The van der Waals surface area contributed by atoms with Crippen LogP contribution in [-0.2, 0) is 19.6 Å². The topological polar surface area (TPSA) is 94.0 Å². The number of benzene rings is 4. The molecule has 6 heteroatoms. The summed E-state index contributed by atoms with van der Waals surface area (Å²) >= 11 is 0. The van der Waals surface area contributed by atoms with Crippen LogP contribution in [0.5, 0.6) is 5.75 Å². The van der Waals surface area contributed by atoms with Crippen molar-refractivity contribution in [2.24, 2.45) is 0 Å². The molecule has 0 aromatic heterocycles. The van der Waals surface area contributed by atoms with Crippen molar-refractivity contribution in [3.05, 3.63) is 131 Å². The zero-order valence-electron chi connectivity index (χ0n) is 21.5. The number of aliphatic hydroxyl groups excluding tert-OH is 3. The van der Waals surface area contributed by atoms with E-state index < -0.39 is 12.2 Å². The van der Waals surface area contributed by atoms with E-state index in [1.54, 1.807) is 6.07 Å². The van der Waals surface area contributed by atoms with E-state index in [4.69, 9.17) is 4.74 Å². The van der Waals surface area contributed by atoms with Gasteiger partial charge in [-0.2, -0.15) is 0 Å². The highest BCUT2D eigenvalue weighted by Crippen LogP contribution is 2.25. The van der Waals surface area contributed by atoms with Gasteiger partial charge in [0.15, 0.2) is 0 Å². The lowest BCUT2D eigenvalue weighted by Gasteiger charge is -2.16. The molecule has 2 atom stereocenters. The Labute approximate surface area is 224 Å². The second-order valence-corrected chi connectivity index (χ2v) is 9.27. The van der Waals surface area contributed by atoms with Crippen LogP contribution in [0.4, 0.5) is 5.69 Å². The van der Waals surface area contributed by atoms with E-state index in [0.717, 1.165) is 35.3 Å². The molecule has 4 aromatic rings. The Morgan fingerprint density at radius 1 is 0.684 bits per heavy atom. The molecule has 0 amide bonds. The standard InChI is InChI=1S/C32H36N2O4/c35-22-28-19-27(13-16-32(28)38-23-25-7-3-1-4-8-25)30(36)20-33-18-17-24-11-14-29(15-12-24)34-21-31(37)26-9-5-2-6-10-26/h1-16,19,30-31,33-37H,17-18,20-23H2/t30-,31+/m0/s1. The molecule has 38 heavy (non-hydrogen) atoms. The second-order valence-electron chi connectivity index (χ2n) is 9.27. The molecular formula is C32H36N2O4. The second kappa shape index (κ2) is 14.3. The predicted octanol–water partition coefficient (Wildman–Crippen LogP) is 4.77. The summed E-state index contributed by atoms with van der Waals surface area (Å²) < 4.78 is 5.88. The third kappa shape index (κ3) is 8.16. The molecule has 0 unspecified atom stereocenters. The summed E-state index contributed by atoms with van der Waals surface area (Å²) in [5.74, 6) is 0.618. The normalized spacial score (nSPS) is 12.6. The van der Waals surface area contributed by atoms with Gasteiger partial charge in [-0.25, -0.2) is 0 Å². The SMILES string of the molecule is OCc1cc([C@@H](O)CNCCc2ccc(NC[C@@H](O)c3ccccc3)cc2)ccc1OCc1ccccc1. The van der Waals surface area contributed by atoms with Gasteiger partial charge in [-0.05, 0) is 59.5 Å². The van der Waals surface area contributed by atoms with Gasteiger partial charge in [0.05, 0.1) is 18.8 Å². The minimum absolute atomic E-state index is 0.159. The number of ether oxygens (including phenoxy) is 1. The monoisotopic (exact) mass is 512 g/mol. The minimum Gasteiger partial charge on any atom is -0.489 e. The maximum atomic E-state index is 10.6. The number of nitrogens with one attached hydrogen (secondary N) is 2. The molecule has 0 bridgehead atoms. The molecule has 5 N–H and O–H groups in total. The third-order valence-corrected chi connectivity index (χ3v) is 6.44. The van der Waals surface area contributed by atoms with Gasteiger partial charge >= 0.3 is 0 Å². The molecule has 0 aliphatic carbocycles. The molecule has 0 radical (unpaired) electrons. The first-order valence-electron chi connectivity index (χ1n) is 13.0. The maximum Gasteiger partial charge on any atom is 0.125 e. The van der Waals surface area contributed by atoms with Crippen molar-refractivity contribution in [3.63, 3.8) is 0 Å². The van der Waals surface area contributed by atoms with Crippen molar-refractivity contribution in [3.8, 4) is 5.75 Å². The summed E-state index contributed by atoms with van der Waals surface area (Å²) in [7, 11) is 0. The van der Waals surface area contributed by atoms with Crippen LogP contribution < -0.4 is 15.4 Å². The smallest absolute Gasteiger partial charge is 0.125 e. The van der Waals surface area contributed by atoms with Crippen molar-refractivity contribution in [1.82, 2.24) is 5.32 Å². The number of anilines is 1. The molecule has 0 heterocycles. The Hall–Kier alpha value is -3.68. The number of aliphatic hydroxyl groups is 3. The van der Waals surface area contributed by atoms with Crippen LogP contribution in [0.3, 0.4) is 0 Å². The van der Waals surface area contributed by atoms with E-state index in [-0.39, 0.29) is 6.61 Å². The Bertz CT molecular complexity index is 1230. The Morgan fingerprint density at radius 2 is 1.37 bits per heavy atom. The van der Waals surface area contributed by atoms with Gasteiger partial charge in [0.2, 0.25) is 0 Å². The third-order valence-electron chi connectivity index (χ3n) is 6.44. The molecule has 0 aliphatic heterocycles. The number of hydrogen-bond acceptors (Lipinski definition) is 6. The van der Waals surface area contributed by atoms with Gasteiger partial charge in [0.1, 0.15) is 12.4 Å². The van der Waals surface area contributed by atoms with Crippen molar-refractivity contribution in [2.75, 3.05) is 25.0 Å². The summed E-state index contributed by atoms with van der Waals surface area (Å²) in [5, 5.41) is 37.3. The minimum atomic E-state index is -0.689. The lowest BCUT2D eigenvalue weighted by molar-refractivity contribution is 0.174. The molecule has 0 saturated heterocycles. The van der Waals surface area contributed by atoms with Gasteiger partial charge in [0, 0.05) is 24.3 Å². The van der Waals surface area contributed by atoms with Crippen molar-refractivity contribution < 1.29 is 20.1 Å². The molecule has 198 valence electrons. The zero-order chi connectivity index (χ0) is 26.6. The van der Waals surface area contributed by atoms with Crippen LogP contribution in [0.25, 0.3) is 0 Å². The van der Waals surface area contributed by atoms with E-state index in [1.165, 1.54) is 5.56 Å². The lowest BCUT2D eigenvalue weighted by Crippen LogP contribution is -2.23. The Kier molecular flexibility index (Phi) is 10.3. The summed E-state index contributed by atoms with van der Waals surface area (Å²) in [6, 6.07) is 33.1. The van der Waals surface area contributed by atoms with Gasteiger partial charge in [-0.3, -0.25) is 0 Å². The first-order valence-corrected chi connectivity index (χ1v) is 13.0. The molecule has 0 spiro atoms. The summed E-state index contributed by atoms with van der Waals surface area (Å²) in [6.45, 7) is 1.84. The Morgan fingerprint density at radius 3 is 2.08 bits per heavy atom. The average molecular weight is 513 g/mol. The quantitative estimate of drug-likeness (QED) is 0.156. The van der Waals surface area contributed by atoms with Crippen molar-refractivity contribution >= 4 is 5.69 Å². The van der Waals surface area contributed by atoms with Gasteiger partial charge < -0.3 is 30.7 Å². The van der Waals surface area contributed by atoms with Crippen LogP contribution in [0.2, 0.25) is 0 Å². The fourth-order valence-electron chi connectivity index (χ4n) is 4.19. The summed E-state index contributed by atoms with van der Waals surface area (Å²) in [5.41, 5.74) is 5.48. The summed E-state index contributed by atoms with van der Waals surface area (Å²) in [4.78, 5) is 0. The van der Waals surface area contributed by atoms with Crippen LogP contribution in [0.1, 0.15) is 40.0 Å². The molecule has 0 saturated carbocycles. The molecular weight excluding hydrogens is 476 g/mol. The number of rotatable bonds is 14. The first-order chi connectivity index (χ1) is 18.6. The predicted molar refractivity (Wildman–Crippen MR) is 151 cm³/mol. The molecule has 6 nitrogen and oxygen atoms in total. The highest BCUT2D eigenvalue weighted by Gasteiger charge is 2.12. The first kappa shape index (κ1) is 27.4. The average Bonchev–Trinajstić information content (AvgIpc) is 2.98. The van der Waals surface area contributed by atoms with Crippen LogP contribution >= 0.6 is 0 Å². The zero-order valence-corrected chi connectivity index (χ0v) is 21.5. The molecule has 4 aromatic carbocycles. The van der Waals surface area contributed by atoms with E-state index >= 15 is 0 Å². The van der Waals surface area contributed by atoms with Gasteiger partial charge in [-0.15, -0.1) is 0 Å². The largest absolute Gasteiger partial charge is 0.489 e. The van der Waals surface area contributed by atoms with E-state index in [0.29, 0.717) is 31.0 Å². The van der Waals surface area contributed by atoms with Gasteiger partial charge in [-0.1, -0.05) is 78.9 Å². The van der Waals surface area contributed by atoms with Crippen LogP contribution in [-0.4, -0.2) is 35.0 Å². The highest BCUT2D eigenvalue weighted by molar-refractivity contribution is 5.45. The van der Waals surface area contributed by atoms with Gasteiger partial charge in [0.25, 0.3) is 0 Å². The van der Waals surface area contributed by atoms with Crippen LogP contribution in [0, 0.1) is 0 Å². The van der Waals surface area contributed by atoms with E-state index in [9.17, 15) is 15.3 Å². The summed E-state index contributed by atoms with van der Waals surface area (Å²) in [6.07, 6.45) is -0.419. The molecule has 0 fully saturated rings. The highest BCUT2D eigenvalue weighted by atomic mass is 16.5. The van der Waals surface area contributed by atoms with Crippen molar-refractivity contribution in [2.45, 2.75) is 31.8 Å². The number of hydrogen-bond donors (Lipinski definition) is 5.